The molecule has 0 spiro atoms. The fourth-order valence-electron chi connectivity index (χ4n) is 2.23. The van der Waals surface area contributed by atoms with E-state index in [9.17, 15) is 9.59 Å². The Kier molecular flexibility index (Phi) is 5.25. The van der Waals surface area contributed by atoms with E-state index in [4.69, 9.17) is 5.73 Å². The normalized spacial score (nSPS) is 18.6. The van der Waals surface area contributed by atoms with Gasteiger partial charge in [0.15, 0.2) is 11.0 Å². The molecule has 1 aliphatic heterocycles. The zero-order valence-electron chi connectivity index (χ0n) is 13.3. The van der Waals surface area contributed by atoms with Crippen LogP contribution in [-0.2, 0) is 4.79 Å². The number of nitrogens with two attached hydrogens (primary N) is 1. The van der Waals surface area contributed by atoms with Crippen molar-refractivity contribution in [1.29, 1.82) is 0 Å². The maximum atomic E-state index is 12.2. The van der Waals surface area contributed by atoms with Crippen LogP contribution in [0.3, 0.4) is 0 Å². The molecule has 1 aliphatic rings. The molecule has 2 aromatic carbocycles. The molecule has 1 amide bonds. The van der Waals surface area contributed by atoms with Gasteiger partial charge < -0.3 is 11.1 Å². The molecule has 6 nitrogen and oxygen atoms in total. The van der Waals surface area contributed by atoms with Crippen molar-refractivity contribution in [3.8, 4) is 0 Å². The summed E-state index contributed by atoms with van der Waals surface area (Å²) in [5.41, 5.74) is 7.74. The molecule has 0 radical (unpaired) electrons. The van der Waals surface area contributed by atoms with Crippen LogP contribution < -0.4 is 11.1 Å². The number of rotatable bonds is 5. The number of thioether (sulfide) groups is 1. The SMILES string of the molecule is Nc1ccc(/C=N/N=C2\NC(=O)[C@@H](CC(=O)c3ccccc3)S2)cc1. The molecule has 1 atom stereocenters. The van der Waals surface area contributed by atoms with Crippen LogP contribution in [0, 0.1) is 0 Å². The van der Waals surface area contributed by atoms with Crippen molar-refractivity contribution in [3.63, 3.8) is 0 Å². The molecule has 0 bridgehead atoms. The van der Waals surface area contributed by atoms with Crippen LogP contribution in [0.15, 0.2) is 64.8 Å². The van der Waals surface area contributed by atoms with Crippen molar-refractivity contribution in [2.75, 3.05) is 5.73 Å². The molecule has 0 aromatic heterocycles. The standard InChI is InChI=1S/C18H16N4O2S/c19-14-8-6-12(7-9-14)11-20-22-18-21-17(24)16(25-18)10-15(23)13-4-2-1-3-5-13/h1-9,11,16H,10,19H2,(H,21,22,24)/b20-11+/t16-/m1/s1. The predicted octanol–water partition coefficient (Wildman–Crippen LogP) is 2.46. The van der Waals surface area contributed by atoms with Gasteiger partial charge in [0.2, 0.25) is 5.91 Å². The highest BCUT2D eigenvalue weighted by Crippen LogP contribution is 2.24. The molecule has 3 rings (SSSR count). The fraction of sp³-hybridized carbons (Fsp3) is 0.111. The van der Waals surface area contributed by atoms with Crippen LogP contribution in [0.5, 0.6) is 0 Å². The average molecular weight is 352 g/mol. The first-order valence-electron chi connectivity index (χ1n) is 7.64. The number of ketones is 1. The smallest absolute Gasteiger partial charge is 0.240 e. The Bertz CT molecular complexity index is 832. The van der Waals surface area contributed by atoms with Crippen LogP contribution in [0.1, 0.15) is 22.3 Å². The minimum absolute atomic E-state index is 0.0696. The molecule has 25 heavy (non-hydrogen) atoms. The molecule has 3 N–H and O–H groups in total. The molecular formula is C18H16N4O2S. The summed E-state index contributed by atoms with van der Waals surface area (Å²) in [6.45, 7) is 0. The first-order chi connectivity index (χ1) is 12.1. The largest absolute Gasteiger partial charge is 0.399 e. The van der Waals surface area contributed by atoms with E-state index >= 15 is 0 Å². The van der Waals surface area contributed by atoms with Gasteiger partial charge in [-0.25, -0.2) is 0 Å². The summed E-state index contributed by atoms with van der Waals surface area (Å²) in [7, 11) is 0. The lowest BCUT2D eigenvalue weighted by atomic mass is 10.1. The second-order valence-corrected chi connectivity index (χ2v) is 6.60. The molecule has 1 heterocycles. The van der Waals surface area contributed by atoms with Gasteiger partial charge in [-0.05, 0) is 17.7 Å². The van der Waals surface area contributed by atoms with Crippen LogP contribution in [0.25, 0.3) is 0 Å². The molecule has 0 saturated carbocycles. The van der Waals surface area contributed by atoms with Crippen molar-refractivity contribution < 1.29 is 9.59 Å². The monoisotopic (exact) mass is 352 g/mol. The lowest BCUT2D eigenvalue weighted by molar-refractivity contribution is -0.118. The molecule has 0 unspecified atom stereocenters. The third-order valence-electron chi connectivity index (χ3n) is 3.53. The third kappa shape index (κ3) is 4.54. The lowest BCUT2D eigenvalue weighted by Crippen LogP contribution is -2.26. The third-order valence-corrected chi connectivity index (χ3v) is 4.61. The highest BCUT2D eigenvalue weighted by molar-refractivity contribution is 8.15. The predicted molar refractivity (Wildman–Crippen MR) is 101 cm³/mol. The maximum absolute atomic E-state index is 12.2. The Hall–Kier alpha value is -2.93. The molecular weight excluding hydrogens is 336 g/mol. The summed E-state index contributed by atoms with van der Waals surface area (Å²) >= 11 is 1.21. The van der Waals surface area contributed by atoms with Crippen molar-refractivity contribution >= 4 is 40.5 Å². The second kappa shape index (κ2) is 7.76. The van der Waals surface area contributed by atoms with Crippen LogP contribution >= 0.6 is 11.8 Å². The first kappa shape index (κ1) is 16.9. The Morgan fingerprint density at radius 2 is 1.88 bits per heavy atom. The minimum Gasteiger partial charge on any atom is -0.399 e. The summed E-state index contributed by atoms with van der Waals surface area (Å²) in [5.74, 6) is -0.296. The van der Waals surface area contributed by atoms with Crippen molar-refractivity contribution in [2.45, 2.75) is 11.7 Å². The van der Waals surface area contributed by atoms with Gasteiger partial charge in [0.05, 0.1) is 11.5 Å². The molecule has 7 heteroatoms. The molecule has 126 valence electrons. The molecule has 1 saturated heterocycles. The lowest BCUT2D eigenvalue weighted by Gasteiger charge is -2.04. The Labute approximate surface area is 149 Å². The number of anilines is 1. The van der Waals surface area contributed by atoms with E-state index in [1.165, 1.54) is 11.8 Å². The van der Waals surface area contributed by atoms with E-state index in [1.807, 2.05) is 18.2 Å². The van der Waals surface area contributed by atoms with E-state index in [2.05, 4.69) is 15.5 Å². The summed E-state index contributed by atoms with van der Waals surface area (Å²) < 4.78 is 0. The number of hydrogen-bond donors (Lipinski definition) is 2. The summed E-state index contributed by atoms with van der Waals surface area (Å²) in [4.78, 5) is 24.2. The van der Waals surface area contributed by atoms with Crippen LogP contribution in [0.4, 0.5) is 5.69 Å². The van der Waals surface area contributed by atoms with Gasteiger partial charge in [-0.1, -0.05) is 54.2 Å². The summed E-state index contributed by atoms with van der Waals surface area (Å²) in [6, 6.07) is 16.1. The Morgan fingerprint density at radius 1 is 1.16 bits per heavy atom. The Morgan fingerprint density at radius 3 is 2.60 bits per heavy atom. The number of benzene rings is 2. The van der Waals surface area contributed by atoms with Crippen LogP contribution in [-0.4, -0.2) is 28.3 Å². The Balaban J connectivity index is 1.60. The second-order valence-electron chi connectivity index (χ2n) is 5.41. The quantitative estimate of drug-likeness (QED) is 0.374. The highest BCUT2D eigenvalue weighted by Gasteiger charge is 2.32. The van der Waals surface area contributed by atoms with E-state index in [-0.39, 0.29) is 18.1 Å². The first-order valence-corrected chi connectivity index (χ1v) is 8.52. The number of amidine groups is 1. The summed E-state index contributed by atoms with van der Waals surface area (Å²) in [5, 5.41) is 10.5. The van der Waals surface area contributed by atoms with E-state index < -0.39 is 5.25 Å². The maximum Gasteiger partial charge on any atom is 0.240 e. The van der Waals surface area contributed by atoms with Gasteiger partial charge in [0.25, 0.3) is 0 Å². The number of Topliss-reactive ketones (excluding diaryl/α,β-unsaturated/α-hetero) is 1. The average Bonchev–Trinajstić information content (AvgIpc) is 2.97. The molecule has 2 aromatic rings. The number of nitrogen functional groups attached to an aromatic ring is 1. The van der Waals surface area contributed by atoms with E-state index in [0.29, 0.717) is 16.4 Å². The topological polar surface area (TPSA) is 96.9 Å². The van der Waals surface area contributed by atoms with Gasteiger partial charge in [-0.3, -0.25) is 9.59 Å². The highest BCUT2D eigenvalue weighted by atomic mass is 32.2. The van der Waals surface area contributed by atoms with Gasteiger partial charge in [-0.2, -0.15) is 5.10 Å². The van der Waals surface area contributed by atoms with Crippen molar-refractivity contribution in [1.82, 2.24) is 5.32 Å². The van der Waals surface area contributed by atoms with Crippen molar-refractivity contribution in [2.24, 2.45) is 10.2 Å². The van der Waals surface area contributed by atoms with Gasteiger partial charge in [-0.15, -0.1) is 5.10 Å². The fourth-order valence-corrected chi connectivity index (χ4v) is 3.15. The number of nitrogens with one attached hydrogen (secondary N) is 1. The van der Waals surface area contributed by atoms with Crippen molar-refractivity contribution in [3.05, 3.63) is 65.7 Å². The molecule has 0 aliphatic carbocycles. The summed E-state index contributed by atoms with van der Waals surface area (Å²) in [6.07, 6.45) is 1.70. The van der Waals surface area contributed by atoms with Crippen LogP contribution in [0.2, 0.25) is 0 Å². The number of amides is 1. The van der Waals surface area contributed by atoms with Gasteiger partial charge >= 0.3 is 0 Å². The number of carbonyl (C=O) groups is 2. The van der Waals surface area contributed by atoms with E-state index in [1.54, 1.807) is 42.6 Å². The van der Waals surface area contributed by atoms with Gasteiger partial charge in [0.1, 0.15) is 0 Å². The number of nitrogens with zero attached hydrogens (tertiary/aromatic N) is 2. The van der Waals surface area contributed by atoms with Gasteiger partial charge in [0, 0.05) is 17.7 Å². The number of carbonyl (C=O) groups excluding carboxylic acids is 2. The minimum atomic E-state index is -0.488. The van der Waals surface area contributed by atoms with E-state index in [0.717, 1.165) is 5.56 Å². The zero-order valence-corrected chi connectivity index (χ0v) is 14.1. The molecule has 1 fully saturated rings. The zero-order chi connectivity index (χ0) is 17.6. The number of hydrogen-bond acceptors (Lipinski definition) is 6.